The molecule has 3 aromatic rings. The summed E-state index contributed by atoms with van der Waals surface area (Å²) in [5.74, 6) is 0.185. The van der Waals surface area contributed by atoms with Crippen molar-refractivity contribution in [3.8, 4) is 0 Å². The molecule has 5 nitrogen and oxygen atoms in total. The van der Waals surface area contributed by atoms with Gasteiger partial charge in [-0.2, -0.15) is 0 Å². The van der Waals surface area contributed by atoms with Crippen LogP contribution in [0.5, 0.6) is 0 Å². The quantitative estimate of drug-likeness (QED) is 0.636. The lowest BCUT2D eigenvalue weighted by Crippen LogP contribution is -2.49. The minimum atomic E-state index is -0.00376. The lowest BCUT2D eigenvalue weighted by molar-refractivity contribution is -0.130. The van der Waals surface area contributed by atoms with Gasteiger partial charge in [0.25, 0.3) is 0 Å². The van der Waals surface area contributed by atoms with Crippen LogP contribution in [0.2, 0.25) is 0 Å². The Morgan fingerprint density at radius 3 is 2.39 bits per heavy atom. The molecule has 2 aromatic carbocycles. The topological polar surface area (TPSA) is 52.7 Å². The molecule has 1 aliphatic rings. The Hall–Kier alpha value is -3.12. The van der Waals surface area contributed by atoms with Crippen molar-refractivity contribution in [2.24, 2.45) is 0 Å². The molecule has 31 heavy (non-hydrogen) atoms. The Labute approximate surface area is 187 Å². The summed E-state index contributed by atoms with van der Waals surface area (Å²) in [5, 5.41) is 4.94. The fourth-order valence-electron chi connectivity index (χ4n) is 3.85. The number of nitrogens with zero attached hydrogens (tertiary/aromatic N) is 2. The third kappa shape index (κ3) is 5.73. The highest BCUT2D eigenvalue weighted by molar-refractivity contribution is 7.10. The van der Waals surface area contributed by atoms with Gasteiger partial charge in [0.2, 0.25) is 11.8 Å². The summed E-state index contributed by atoms with van der Waals surface area (Å²) in [6.07, 6.45) is 0.861. The van der Waals surface area contributed by atoms with E-state index >= 15 is 0 Å². The average molecular weight is 434 g/mol. The minimum Gasteiger partial charge on any atom is -0.368 e. The third-order valence-corrected chi connectivity index (χ3v) is 6.38. The van der Waals surface area contributed by atoms with Gasteiger partial charge in [-0.1, -0.05) is 35.9 Å². The predicted octanol–water partition coefficient (Wildman–Crippen LogP) is 4.13. The molecule has 0 unspecified atom stereocenters. The minimum absolute atomic E-state index is 0.00376. The van der Waals surface area contributed by atoms with Crippen molar-refractivity contribution in [3.63, 3.8) is 0 Å². The van der Waals surface area contributed by atoms with Crippen molar-refractivity contribution in [2.75, 3.05) is 36.4 Å². The monoisotopic (exact) mass is 433 g/mol. The van der Waals surface area contributed by atoms with E-state index in [9.17, 15) is 9.59 Å². The summed E-state index contributed by atoms with van der Waals surface area (Å²) >= 11 is 1.59. The second-order valence-electron chi connectivity index (χ2n) is 7.88. The van der Waals surface area contributed by atoms with E-state index in [0.29, 0.717) is 12.8 Å². The molecule has 1 saturated heterocycles. The maximum atomic E-state index is 12.7. The largest absolute Gasteiger partial charge is 0.368 e. The molecule has 0 bridgehead atoms. The number of hydrogen-bond acceptors (Lipinski definition) is 4. The summed E-state index contributed by atoms with van der Waals surface area (Å²) < 4.78 is 0. The van der Waals surface area contributed by atoms with Crippen molar-refractivity contribution in [3.05, 3.63) is 82.0 Å². The van der Waals surface area contributed by atoms with Gasteiger partial charge in [-0.3, -0.25) is 9.59 Å². The highest BCUT2D eigenvalue weighted by atomic mass is 32.1. The van der Waals surface area contributed by atoms with Gasteiger partial charge >= 0.3 is 0 Å². The van der Waals surface area contributed by atoms with Gasteiger partial charge in [-0.15, -0.1) is 11.3 Å². The van der Waals surface area contributed by atoms with Crippen molar-refractivity contribution >= 4 is 34.5 Å². The van der Waals surface area contributed by atoms with Crippen LogP contribution in [0.25, 0.3) is 0 Å². The summed E-state index contributed by atoms with van der Waals surface area (Å²) in [5.41, 5.74) is 4.17. The van der Waals surface area contributed by atoms with Crippen LogP contribution < -0.4 is 10.2 Å². The maximum absolute atomic E-state index is 12.7. The van der Waals surface area contributed by atoms with Gasteiger partial charge in [0.15, 0.2) is 0 Å². The van der Waals surface area contributed by atoms with E-state index in [1.807, 2.05) is 71.8 Å². The molecule has 1 N–H and O–H groups in total. The van der Waals surface area contributed by atoms with Crippen LogP contribution in [0.3, 0.4) is 0 Å². The van der Waals surface area contributed by atoms with E-state index < -0.39 is 0 Å². The molecule has 2 heterocycles. The van der Waals surface area contributed by atoms with Crippen LogP contribution in [-0.2, 0) is 22.4 Å². The highest BCUT2D eigenvalue weighted by Crippen LogP contribution is 2.20. The fourth-order valence-corrected chi connectivity index (χ4v) is 4.56. The van der Waals surface area contributed by atoms with Crippen LogP contribution in [0.15, 0.2) is 66.0 Å². The van der Waals surface area contributed by atoms with E-state index in [2.05, 4.69) is 16.3 Å². The molecule has 1 aromatic heterocycles. The normalized spacial score (nSPS) is 13.8. The molecule has 0 atom stereocenters. The lowest BCUT2D eigenvalue weighted by atomic mass is 10.1. The van der Waals surface area contributed by atoms with E-state index in [4.69, 9.17) is 0 Å². The van der Waals surface area contributed by atoms with Crippen LogP contribution >= 0.6 is 11.3 Å². The Bertz CT molecular complexity index is 1020. The number of benzene rings is 2. The molecule has 0 aliphatic carbocycles. The molecule has 6 heteroatoms. The SMILES string of the molecule is Cc1cccc(CC(=O)N2CCN(c3ccc(NC(=O)Cc4cccs4)cc3)CC2)c1. The van der Waals surface area contributed by atoms with Crippen LogP contribution in [-0.4, -0.2) is 42.9 Å². The second-order valence-corrected chi connectivity index (χ2v) is 8.92. The molecule has 160 valence electrons. The third-order valence-electron chi connectivity index (χ3n) is 5.50. The van der Waals surface area contributed by atoms with Crippen molar-refractivity contribution < 1.29 is 9.59 Å². The van der Waals surface area contributed by atoms with Crippen molar-refractivity contribution in [1.82, 2.24) is 4.90 Å². The van der Waals surface area contributed by atoms with E-state index in [1.165, 1.54) is 5.56 Å². The number of nitrogens with one attached hydrogen (secondary N) is 1. The summed E-state index contributed by atoms with van der Waals surface area (Å²) in [6.45, 7) is 5.12. The predicted molar refractivity (Wildman–Crippen MR) is 127 cm³/mol. The zero-order chi connectivity index (χ0) is 21.6. The standard InChI is InChI=1S/C25H27N3O2S/c1-19-4-2-5-20(16-19)17-25(30)28-13-11-27(12-14-28)22-9-7-21(8-10-22)26-24(29)18-23-6-3-15-31-23/h2-10,15-16H,11-14,17-18H2,1H3,(H,26,29). The highest BCUT2D eigenvalue weighted by Gasteiger charge is 2.21. The number of rotatable bonds is 6. The average Bonchev–Trinajstić information content (AvgIpc) is 3.27. The maximum Gasteiger partial charge on any atom is 0.229 e. The molecule has 1 aliphatic heterocycles. The number of aryl methyl sites for hydroxylation is 1. The molecule has 0 radical (unpaired) electrons. The summed E-state index contributed by atoms with van der Waals surface area (Å²) in [4.78, 5) is 30.1. The van der Waals surface area contributed by atoms with Gasteiger partial charge in [-0.05, 0) is 48.2 Å². The number of carbonyl (C=O) groups is 2. The second kappa shape index (κ2) is 9.79. The number of hydrogen-bond donors (Lipinski definition) is 1. The molecule has 0 saturated carbocycles. The number of piperazine rings is 1. The van der Waals surface area contributed by atoms with Gasteiger partial charge in [0, 0.05) is 42.4 Å². The van der Waals surface area contributed by atoms with Crippen LogP contribution in [0.4, 0.5) is 11.4 Å². The zero-order valence-corrected chi connectivity index (χ0v) is 18.5. The number of anilines is 2. The first kappa shape index (κ1) is 21.1. The first-order chi connectivity index (χ1) is 15.1. The Morgan fingerprint density at radius 1 is 0.935 bits per heavy atom. The molecular formula is C25H27N3O2S. The molecule has 0 spiro atoms. The Balaban J connectivity index is 1.26. The summed E-state index contributed by atoms with van der Waals surface area (Å²) in [6, 6.07) is 20.0. The first-order valence-electron chi connectivity index (χ1n) is 10.6. The molecule has 2 amide bonds. The van der Waals surface area contributed by atoms with Crippen molar-refractivity contribution in [1.29, 1.82) is 0 Å². The molecular weight excluding hydrogens is 406 g/mol. The molecule has 4 rings (SSSR count). The number of amides is 2. The van der Waals surface area contributed by atoms with E-state index in [0.717, 1.165) is 48.0 Å². The molecule has 1 fully saturated rings. The number of thiophene rings is 1. The number of carbonyl (C=O) groups excluding carboxylic acids is 2. The van der Waals surface area contributed by atoms with E-state index in [-0.39, 0.29) is 11.8 Å². The van der Waals surface area contributed by atoms with Gasteiger partial charge < -0.3 is 15.1 Å². The smallest absolute Gasteiger partial charge is 0.229 e. The van der Waals surface area contributed by atoms with E-state index in [1.54, 1.807) is 11.3 Å². The van der Waals surface area contributed by atoms with Crippen LogP contribution in [0, 0.1) is 6.92 Å². The van der Waals surface area contributed by atoms with Gasteiger partial charge in [0.1, 0.15) is 0 Å². The Kier molecular flexibility index (Phi) is 6.67. The van der Waals surface area contributed by atoms with Crippen molar-refractivity contribution in [2.45, 2.75) is 19.8 Å². The van der Waals surface area contributed by atoms with Crippen LogP contribution in [0.1, 0.15) is 16.0 Å². The van der Waals surface area contributed by atoms with Gasteiger partial charge in [0.05, 0.1) is 12.8 Å². The Morgan fingerprint density at radius 2 is 1.71 bits per heavy atom. The summed E-state index contributed by atoms with van der Waals surface area (Å²) in [7, 11) is 0. The van der Waals surface area contributed by atoms with Gasteiger partial charge in [-0.25, -0.2) is 0 Å². The fraction of sp³-hybridized carbons (Fsp3) is 0.280. The lowest BCUT2D eigenvalue weighted by Gasteiger charge is -2.36. The first-order valence-corrected chi connectivity index (χ1v) is 11.5. The zero-order valence-electron chi connectivity index (χ0n) is 17.7.